The molecule has 0 aromatic heterocycles. The normalized spacial score (nSPS) is 9.15. The van der Waals surface area contributed by atoms with Gasteiger partial charge >= 0.3 is 0 Å². The molecular weight excluding hydrogens is 160 g/mol. The van der Waals surface area contributed by atoms with Gasteiger partial charge in [0, 0.05) is 18.4 Å². The Morgan fingerprint density at radius 1 is 1.38 bits per heavy atom. The van der Waals surface area contributed by atoms with Crippen LogP contribution in [0.3, 0.4) is 0 Å². The fourth-order valence-corrected chi connectivity index (χ4v) is 1.01. The third-order valence-electron chi connectivity index (χ3n) is 1.68. The summed E-state index contributed by atoms with van der Waals surface area (Å²) in [5.74, 6) is 2.54. The third kappa shape index (κ3) is 3.13. The standard InChI is InChI=1S/C12H11O/c1-2-3-5-10-12(13)11-8-6-4-7-9-11/h1,4,6-10H,3,5H2. The first kappa shape index (κ1) is 9.54. The van der Waals surface area contributed by atoms with Crippen molar-refractivity contribution >= 4 is 5.78 Å². The molecule has 0 fully saturated rings. The largest absolute Gasteiger partial charge is 0.294 e. The molecule has 0 unspecified atom stereocenters. The van der Waals surface area contributed by atoms with E-state index in [1.165, 1.54) is 0 Å². The molecule has 1 aromatic carbocycles. The van der Waals surface area contributed by atoms with Gasteiger partial charge in [-0.25, -0.2) is 0 Å². The van der Waals surface area contributed by atoms with Crippen molar-refractivity contribution < 1.29 is 4.79 Å². The van der Waals surface area contributed by atoms with Gasteiger partial charge in [0.1, 0.15) is 0 Å². The van der Waals surface area contributed by atoms with Crippen molar-refractivity contribution in [2.75, 3.05) is 0 Å². The minimum atomic E-state index is 0.0517. The van der Waals surface area contributed by atoms with Crippen molar-refractivity contribution in [3.63, 3.8) is 0 Å². The Morgan fingerprint density at radius 2 is 2.08 bits per heavy atom. The first-order chi connectivity index (χ1) is 6.34. The van der Waals surface area contributed by atoms with Crippen LogP contribution in [0.25, 0.3) is 0 Å². The van der Waals surface area contributed by atoms with Crippen LogP contribution in [0, 0.1) is 18.8 Å². The van der Waals surface area contributed by atoms with E-state index in [-0.39, 0.29) is 5.78 Å². The Hall–Kier alpha value is -1.55. The summed E-state index contributed by atoms with van der Waals surface area (Å²) >= 11 is 0. The van der Waals surface area contributed by atoms with Crippen LogP contribution >= 0.6 is 0 Å². The topological polar surface area (TPSA) is 17.1 Å². The van der Waals surface area contributed by atoms with Crippen molar-refractivity contribution in [1.82, 2.24) is 0 Å². The van der Waals surface area contributed by atoms with Gasteiger partial charge in [-0.2, -0.15) is 0 Å². The van der Waals surface area contributed by atoms with Gasteiger partial charge in [0.05, 0.1) is 0 Å². The molecule has 1 nitrogen and oxygen atoms in total. The zero-order valence-electron chi connectivity index (χ0n) is 7.36. The molecule has 65 valence electrons. The van der Waals surface area contributed by atoms with E-state index in [9.17, 15) is 4.79 Å². The first-order valence-electron chi connectivity index (χ1n) is 4.20. The molecule has 0 saturated carbocycles. The van der Waals surface area contributed by atoms with E-state index >= 15 is 0 Å². The summed E-state index contributed by atoms with van der Waals surface area (Å²) in [6.07, 6.45) is 7.99. The predicted octanol–water partition coefficient (Wildman–Crippen LogP) is 2.49. The number of hydrogen-bond acceptors (Lipinski definition) is 1. The lowest BCUT2D eigenvalue weighted by Crippen LogP contribution is -1.98. The molecule has 0 saturated heterocycles. The maximum atomic E-state index is 11.4. The minimum Gasteiger partial charge on any atom is -0.294 e. The quantitative estimate of drug-likeness (QED) is 0.386. The van der Waals surface area contributed by atoms with Crippen molar-refractivity contribution in [1.29, 1.82) is 0 Å². The van der Waals surface area contributed by atoms with E-state index in [4.69, 9.17) is 6.42 Å². The predicted molar refractivity (Wildman–Crippen MR) is 53.1 cm³/mol. The van der Waals surface area contributed by atoms with Crippen LogP contribution in [0.15, 0.2) is 30.3 Å². The lowest BCUT2D eigenvalue weighted by Gasteiger charge is -1.97. The summed E-state index contributed by atoms with van der Waals surface area (Å²) in [5, 5.41) is 0. The van der Waals surface area contributed by atoms with Crippen molar-refractivity contribution in [2.24, 2.45) is 0 Å². The number of Topliss-reactive ketones (excluding diaryl/α,β-unsaturated/α-hetero) is 1. The number of benzene rings is 1. The number of carbonyl (C=O) groups is 1. The highest BCUT2D eigenvalue weighted by molar-refractivity contribution is 6.02. The number of terminal acetylenes is 1. The molecule has 1 radical (unpaired) electrons. The first-order valence-corrected chi connectivity index (χ1v) is 4.20. The molecule has 0 spiro atoms. The molecule has 0 atom stereocenters. The fraction of sp³-hybridized carbons (Fsp3) is 0.167. The molecule has 1 heteroatoms. The number of ketones is 1. The second kappa shape index (κ2) is 5.16. The second-order valence-corrected chi connectivity index (χ2v) is 2.68. The summed E-state index contributed by atoms with van der Waals surface area (Å²) in [6, 6.07) is 9.19. The molecule has 0 aliphatic carbocycles. The highest BCUT2D eigenvalue weighted by Gasteiger charge is 2.03. The zero-order valence-corrected chi connectivity index (χ0v) is 7.36. The molecule has 1 rings (SSSR count). The molecule has 13 heavy (non-hydrogen) atoms. The average molecular weight is 171 g/mol. The fourth-order valence-electron chi connectivity index (χ4n) is 1.01. The third-order valence-corrected chi connectivity index (χ3v) is 1.68. The van der Waals surface area contributed by atoms with Crippen molar-refractivity contribution in [3.8, 4) is 12.3 Å². The van der Waals surface area contributed by atoms with Crippen LogP contribution < -0.4 is 0 Å². The summed E-state index contributed by atoms with van der Waals surface area (Å²) in [7, 11) is 0. The second-order valence-electron chi connectivity index (χ2n) is 2.68. The summed E-state index contributed by atoms with van der Waals surface area (Å²) < 4.78 is 0. The van der Waals surface area contributed by atoms with Crippen molar-refractivity contribution in [2.45, 2.75) is 12.8 Å². The smallest absolute Gasteiger partial charge is 0.166 e. The molecule has 0 aliphatic heterocycles. The molecule has 0 amide bonds. The van der Waals surface area contributed by atoms with Crippen LogP contribution in [0.1, 0.15) is 23.2 Å². The summed E-state index contributed by atoms with van der Waals surface area (Å²) in [6.45, 7) is 0. The SMILES string of the molecule is C#CCC[CH]C(=O)c1ccccc1. The lowest BCUT2D eigenvalue weighted by atomic mass is 10.1. The Kier molecular flexibility index (Phi) is 3.78. The van der Waals surface area contributed by atoms with Crippen LogP contribution in [0.2, 0.25) is 0 Å². The maximum absolute atomic E-state index is 11.4. The molecule has 0 aliphatic rings. The molecule has 0 N–H and O–H groups in total. The number of hydrogen-bond donors (Lipinski definition) is 0. The lowest BCUT2D eigenvalue weighted by molar-refractivity contribution is 0.102. The van der Waals surface area contributed by atoms with E-state index in [1.807, 2.05) is 18.2 Å². The van der Waals surface area contributed by atoms with Crippen molar-refractivity contribution in [3.05, 3.63) is 42.3 Å². The zero-order chi connectivity index (χ0) is 9.52. The number of rotatable bonds is 4. The van der Waals surface area contributed by atoms with Crippen LogP contribution in [-0.2, 0) is 0 Å². The van der Waals surface area contributed by atoms with Crippen LogP contribution in [-0.4, -0.2) is 5.78 Å². The van der Waals surface area contributed by atoms with Gasteiger partial charge in [0.25, 0.3) is 0 Å². The van der Waals surface area contributed by atoms with E-state index in [2.05, 4.69) is 5.92 Å². The van der Waals surface area contributed by atoms with Gasteiger partial charge in [-0.3, -0.25) is 4.79 Å². The number of unbranched alkanes of at least 4 members (excludes halogenated alkanes) is 1. The molecule has 0 heterocycles. The van der Waals surface area contributed by atoms with Gasteiger partial charge in [-0.15, -0.1) is 12.3 Å². The van der Waals surface area contributed by atoms with Crippen LogP contribution in [0.5, 0.6) is 0 Å². The Bertz CT molecular complexity index is 306. The van der Waals surface area contributed by atoms with Gasteiger partial charge in [0.2, 0.25) is 0 Å². The maximum Gasteiger partial charge on any atom is 0.166 e. The summed E-state index contributed by atoms with van der Waals surface area (Å²) in [5.41, 5.74) is 0.722. The average Bonchev–Trinajstić information content (AvgIpc) is 2.19. The van der Waals surface area contributed by atoms with Gasteiger partial charge in [-0.05, 0) is 6.42 Å². The highest BCUT2D eigenvalue weighted by Crippen LogP contribution is 2.04. The van der Waals surface area contributed by atoms with Gasteiger partial charge in [0.15, 0.2) is 5.78 Å². The Labute approximate surface area is 78.8 Å². The Morgan fingerprint density at radius 3 is 2.69 bits per heavy atom. The van der Waals surface area contributed by atoms with E-state index in [1.54, 1.807) is 18.6 Å². The summed E-state index contributed by atoms with van der Waals surface area (Å²) in [4.78, 5) is 11.4. The highest BCUT2D eigenvalue weighted by atomic mass is 16.1. The van der Waals surface area contributed by atoms with E-state index < -0.39 is 0 Å². The van der Waals surface area contributed by atoms with E-state index in [0.717, 1.165) is 5.56 Å². The van der Waals surface area contributed by atoms with E-state index in [0.29, 0.717) is 12.8 Å². The Balaban J connectivity index is 2.46. The van der Waals surface area contributed by atoms with Gasteiger partial charge in [-0.1, -0.05) is 30.3 Å². The molecule has 0 bridgehead atoms. The monoisotopic (exact) mass is 171 g/mol. The molecular formula is C12H11O. The molecule has 1 aromatic rings. The van der Waals surface area contributed by atoms with Crippen LogP contribution in [0.4, 0.5) is 0 Å². The van der Waals surface area contributed by atoms with Gasteiger partial charge < -0.3 is 0 Å². The minimum absolute atomic E-state index is 0.0517. The number of carbonyl (C=O) groups excluding carboxylic acids is 1.